The molecule has 2 aromatic rings. The van der Waals surface area contributed by atoms with Crippen LogP contribution in [0.4, 0.5) is 0 Å². The highest BCUT2D eigenvalue weighted by molar-refractivity contribution is 5.18. The summed E-state index contributed by atoms with van der Waals surface area (Å²) >= 11 is 0. The number of hydrogen-bond acceptors (Lipinski definition) is 5. The zero-order valence-corrected chi connectivity index (χ0v) is 12.5. The van der Waals surface area contributed by atoms with E-state index < -0.39 is 0 Å². The summed E-state index contributed by atoms with van der Waals surface area (Å²) < 4.78 is 5.29. The molecule has 21 heavy (non-hydrogen) atoms. The molecule has 112 valence electrons. The minimum atomic E-state index is 0.636. The van der Waals surface area contributed by atoms with Crippen LogP contribution in [0.5, 0.6) is 0 Å². The smallest absolute Gasteiger partial charge is 0.240 e. The van der Waals surface area contributed by atoms with Crippen LogP contribution in [-0.4, -0.2) is 41.2 Å². The lowest BCUT2D eigenvalue weighted by Crippen LogP contribution is -2.35. The van der Waals surface area contributed by atoms with E-state index in [0.29, 0.717) is 18.5 Å². The summed E-state index contributed by atoms with van der Waals surface area (Å²) in [6.07, 6.45) is 3.28. The Labute approximate surface area is 125 Å². The molecule has 0 saturated carbocycles. The first-order valence-corrected chi connectivity index (χ1v) is 7.57. The molecule has 1 N–H and O–H groups in total. The number of nitrogens with zero attached hydrogens (tertiary/aromatic N) is 3. The summed E-state index contributed by atoms with van der Waals surface area (Å²) in [7, 11) is 2.18. The van der Waals surface area contributed by atoms with Gasteiger partial charge in [0.15, 0.2) is 5.82 Å². The van der Waals surface area contributed by atoms with Crippen molar-refractivity contribution in [3.8, 4) is 0 Å². The molecule has 1 saturated heterocycles. The van der Waals surface area contributed by atoms with Gasteiger partial charge < -0.3 is 14.7 Å². The molecule has 1 aromatic carbocycles. The highest BCUT2D eigenvalue weighted by Gasteiger charge is 2.20. The maximum atomic E-state index is 5.29. The Kier molecular flexibility index (Phi) is 4.62. The van der Waals surface area contributed by atoms with Gasteiger partial charge >= 0.3 is 0 Å². The minimum Gasteiger partial charge on any atom is -0.338 e. The molecule has 0 bridgehead atoms. The lowest BCUT2D eigenvalue weighted by molar-refractivity contribution is 0.292. The zero-order chi connectivity index (χ0) is 14.5. The Morgan fingerprint density at radius 1 is 1.33 bits per heavy atom. The lowest BCUT2D eigenvalue weighted by Gasteiger charge is -2.19. The van der Waals surface area contributed by atoms with Crippen LogP contribution >= 0.6 is 0 Å². The van der Waals surface area contributed by atoms with E-state index in [1.165, 1.54) is 24.9 Å². The van der Waals surface area contributed by atoms with Crippen molar-refractivity contribution in [1.82, 2.24) is 20.4 Å². The third kappa shape index (κ3) is 3.89. The maximum Gasteiger partial charge on any atom is 0.240 e. The summed E-state index contributed by atoms with van der Waals surface area (Å²) in [4.78, 5) is 6.84. The SMILES string of the molecule is CN1CCCC1CNCc1nc(Cc2ccccc2)no1. The van der Waals surface area contributed by atoms with Crippen LogP contribution in [0.15, 0.2) is 34.9 Å². The molecule has 1 atom stereocenters. The average Bonchev–Trinajstić information content (AvgIpc) is 3.10. The van der Waals surface area contributed by atoms with E-state index in [9.17, 15) is 0 Å². The predicted molar refractivity (Wildman–Crippen MR) is 80.9 cm³/mol. The van der Waals surface area contributed by atoms with Crippen molar-refractivity contribution >= 4 is 0 Å². The molecule has 2 heterocycles. The summed E-state index contributed by atoms with van der Waals surface area (Å²) in [6.45, 7) is 2.83. The van der Waals surface area contributed by atoms with E-state index in [1.807, 2.05) is 18.2 Å². The zero-order valence-electron chi connectivity index (χ0n) is 12.5. The Morgan fingerprint density at radius 3 is 2.95 bits per heavy atom. The summed E-state index contributed by atoms with van der Waals surface area (Å²) in [6, 6.07) is 10.8. The topological polar surface area (TPSA) is 54.2 Å². The van der Waals surface area contributed by atoms with Crippen LogP contribution in [0, 0.1) is 0 Å². The quantitative estimate of drug-likeness (QED) is 0.878. The Morgan fingerprint density at radius 2 is 2.19 bits per heavy atom. The lowest BCUT2D eigenvalue weighted by atomic mass is 10.1. The van der Waals surface area contributed by atoms with Crippen molar-refractivity contribution in [2.24, 2.45) is 0 Å². The fourth-order valence-electron chi connectivity index (χ4n) is 2.80. The molecular weight excluding hydrogens is 264 g/mol. The summed E-state index contributed by atoms with van der Waals surface area (Å²) in [5.41, 5.74) is 1.20. The van der Waals surface area contributed by atoms with Crippen molar-refractivity contribution in [2.45, 2.75) is 31.8 Å². The molecule has 5 heteroatoms. The molecule has 3 rings (SSSR count). The van der Waals surface area contributed by atoms with Gasteiger partial charge in [0.2, 0.25) is 5.89 Å². The first kappa shape index (κ1) is 14.2. The van der Waals surface area contributed by atoms with E-state index in [-0.39, 0.29) is 0 Å². The normalized spacial score (nSPS) is 19.2. The minimum absolute atomic E-state index is 0.636. The van der Waals surface area contributed by atoms with Gasteiger partial charge in [-0.1, -0.05) is 35.5 Å². The molecule has 0 aliphatic carbocycles. The number of aromatic nitrogens is 2. The van der Waals surface area contributed by atoms with E-state index in [1.54, 1.807) is 0 Å². The van der Waals surface area contributed by atoms with Gasteiger partial charge in [0, 0.05) is 19.0 Å². The molecule has 5 nitrogen and oxygen atoms in total. The number of likely N-dealkylation sites (tertiary alicyclic amines) is 1. The van der Waals surface area contributed by atoms with Gasteiger partial charge in [0.25, 0.3) is 0 Å². The highest BCUT2D eigenvalue weighted by Crippen LogP contribution is 2.13. The van der Waals surface area contributed by atoms with Crippen molar-refractivity contribution in [3.63, 3.8) is 0 Å². The van der Waals surface area contributed by atoms with Crippen LogP contribution in [0.1, 0.15) is 30.1 Å². The highest BCUT2D eigenvalue weighted by atomic mass is 16.5. The van der Waals surface area contributed by atoms with Crippen molar-refractivity contribution in [3.05, 3.63) is 47.6 Å². The van der Waals surface area contributed by atoms with Crippen molar-refractivity contribution in [1.29, 1.82) is 0 Å². The second-order valence-corrected chi connectivity index (χ2v) is 5.67. The first-order valence-electron chi connectivity index (χ1n) is 7.57. The van der Waals surface area contributed by atoms with Gasteiger partial charge in [-0.3, -0.25) is 0 Å². The van der Waals surface area contributed by atoms with Gasteiger partial charge in [0.05, 0.1) is 6.54 Å². The first-order chi connectivity index (χ1) is 10.3. The fraction of sp³-hybridized carbons (Fsp3) is 0.500. The van der Waals surface area contributed by atoms with Gasteiger partial charge in [-0.25, -0.2) is 0 Å². The van der Waals surface area contributed by atoms with Crippen molar-refractivity contribution in [2.75, 3.05) is 20.1 Å². The van der Waals surface area contributed by atoms with E-state index in [4.69, 9.17) is 4.52 Å². The van der Waals surface area contributed by atoms with E-state index in [2.05, 4.69) is 39.5 Å². The number of hydrogen-bond donors (Lipinski definition) is 1. The molecular formula is C16H22N4O. The number of nitrogens with one attached hydrogen (secondary N) is 1. The van der Waals surface area contributed by atoms with Crippen LogP contribution in [-0.2, 0) is 13.0 Å². The van der Waals surface area contributed by atoms with Crippen LogP contribution < -0.4 is 5.32 Å². The van der Waals surface area contributed by atoms with Gasteiger partial charge in [-0.15, -0.1) is 0 Å². The predicted octanol–water partition coefficient (Wildman–Crippen LogP) is 1.84. The molecule has 1 unspecified atom stereocenters. The van der Waals surface area contributed by atoms with Crippen LogP contribution in [0.25, 0.3) is 0 Å². The third-order valence-corrected chi connectivity index (χ3v) is 4.04. The van der Waals surface area contributed by atoms with Gasteiger partial charge in [-0.2, -0.15) is 4.98 Å². The van der Waals surface area contributed by atoms with Gasteiger partial charge in [-0.05, 0) is 32.0 Å². The van der Waals surface area contributed by atoms with Gasteiger partial charge in [0.1, 0.15) is 0 Å². The monoisotopic (exact) mass is 286 g/mol. The number of rotatable bonds is 6. The Balaban J connectivity index is 1.46. The molecule has 1 aromatic heterocycles. The average molecular weight is 286 g/mol. The molecule has 1 aliphatic heterocycles. The fourth-order valence-corrected chi connectivity index (χ4v) is 2.80. The van der Waals surface area contributed by atoms with Crippen LogP contribution in [0.3, 0.4) is 0 Å². The molecule has 0 amide bonds. The third-order valence-electron chi connectivity index (χ3n) is 4.04. The van der Waals surface area contributed by atoms with E-state index >= 15 is 0 Å². The maximum absolute atomic E-state index is 5.29. The second-order valence-electron chi connectivity index (χ2n) is 5.67. The molecule has 0 radical (unpaired) electrons. The largest absolute Gasteiger partial charge is 0.338 e. The molecule has 1 fully saturated rings. The summed E-state index contributed by atoms with van der Waals surface area (Å²) in [5, 5.41) is 7.45. The molecule has 1 aliphatic rings. The number of likely N-dealkylation sites (N-methyl/N-ethyl adjacent to an activating group) is 1. The second kappa shape index (κ2) is 6.83. The van der Waals surface area contributed by atoms with E-state index in [0.717, 1.165) is 18.8 Å². The summed E-state index contributed by atoms with van der Waals surface area (Å²) in [5.74, 6) is 1.41. The number of benzene rings is 1. The van der Waals surface area contributed by atoms with Crippen LogP contribution in [0.2, 0.25) is 0 Å². The standard InChI is InChI=1S/C16H22N4O/c1-20-9-5-8-14(20)11-17-12-16-18-15(19-21-16)10-13-6-3-2-4-7-13/h2-4,6-7,14,17H,5,8-12H2,1H3. The van der Waals surface area contributed by atoms with Crippen molar-refractivity contribution < 1.29 is 4.52 Å². The molecule has 0 spiro atoms. The Hall–Kier alpha value is -1.72. The Bertz CT molecular complexity index is 554.